The van der Waals surface area contributed by atoms with E-state index in [0.717, 1.165) is 116 Å². The van der Waals surface area contributed by atoms with Crippen molar-refractivity contribution in [3.05, 3.63) is 97.2 Å². The number of unbranched alkanes of at least 4 members (excludes halogenated alkanes) is 23. The lowest BCUT2D eigenvalue weighted by Gasteiger charge is -2.27. The lowest BCUT2D eigenvalue weighted by atomic mass is 10.0. The normalized spacial score (nSPS) is 14.4. The minimum Gasteiger partial charge on any atom is -0.456 e. The molecule has 10 heteroatoms. The topological polar surface area (TPSA) is 111 Å². The Hall–Kier alpha value is -3.07. The summed E-state index contributed by atoms with van der Waals surface area (Å²) in [5, 5.41) is 3.03. The van der Waals surface area contributed by atoms with E-state index >= 15 is 0 Å². The fraction of sp³-hybridized carbons (Fsp3) is 0.719. The van der Waals surface area contributed by atoms with Crippen molar-refractivity contribution in [1.29, 1.82) is 0 Å². The van der Waals surface area contributed by atoms with Crippen LogP contribution in [-0.2, 0) is 27.9 Å². The van der Waals surface area contributed by atoms with Crippen molar-refractivity contribution in [2.45, 2.75) is 258 Å². The molecule has 0 fully saturated rings. The number of allylic oxidation sites excluding steroid dienone is 15. The molecule has 0 bridgehead atoms. The molecule has 2 N–H and O–H groups in total. The van der Waals surface area contributed by atoms with Crippen LogP contribution in [0.15, 0.2) is 97.2 Å². The zero-order chi connectivity index (χ0) is 54.3. The Balaban J connectivity index is 5.37. The first-order chi connectivity index (χ1) is 35.9. The summed E-state index contributed by atoms with van der Waals surface area (Å²) >= 11 is 0. The molecule has 74 heavy (non-hydrogen) atoms. The van der Waals surface area contributed by atoms with Gasteiger partial charge in [-0.1, -0.05) is 221 Å². The molecule has 0 aliphatic rings. The van der Waals surface area contributed by atoms with Crippen LogP contribution >= 0.6 is 7.82 Å². The molecule has 9 nitrogen and oxygen atoms in total. The Morgan fingerprint density at radius 1 is 0.486 bits per heavy atom. The fourth-order valence-corrected chi connectivity index (χ4v) is 8.85. The van der Waals surface area contributed by atoms with E-state index in [0.29, 0.717) is 30.3 Å². The van der Waals surface area contributed by atoms with Gasteiger partial charge in [-0.05, 0) is 109 Å². The van der Waals surface area contributed by atoms with E-state index in [-0.39, 0.29) is 31.5 Å². The van der Waals surface area contributed by atoms with Crippen LogP contribution in [0.25, 0.3) is 0 Å². The summed E-state index contributed by atoms with van der Waals surface area (Å²) in [5.41, 5.74) is 0. The Bertz CT molecular complexity index is 1590. The number of likely N-dealkylation sites (N-methyl/N-ethyl adjacent to an activating group) is 1. The smallest absolute Gasteiger partial charge is 0.456 e. The van der Waals surface area contributed by atoms with E-state index in [4.69, 9.17) is 13.8 Å². The van der Waals surface area contributed by atoms with Gasteiger partial charge in [0.2, 0.25) is 5.91 Å². The van der Waals surface area contributed by atoms with Crippen LogP contribution in [-0.4, -0.2) is 74.3 Å². The van der Waals surface area contributed by atoms with Crippen molar-refractivity contribution in [1.82, 2.24) is 5.32 Å². The molecule has 3 unspecified atom stereocenters. The second-order valence-electron chi connectivity index (χ2n) is 21.1. The van der Waals surface area contributed by atoms with Crippen LogP contribution in [0.4, 0.5) is 0 Å². The Kier molecular flexibility index (Phi) is 51.1. The SMILES string of the molecule is CC/C=C/C/C=C/C/C=C/CCCCCCC(=O)NC(COP(=O)(O)OCC[N+](C)(C)C)C(/C=C\CCCCCCCCCCCCC)OC(=O)CCCCCCC/C=C\C/C=C\C/C=C\C/C=C\CCCCC. The predicted octanol–water partition coefficient (Wildman–Crippen LogP) is 18.4. The van der Waals surface area contributed by atoms with E-state index in [1.165, 1.54) is 83.5 Å². The molecule has 0 saturated carbocycles. The first-order valence-corrected chi connectivity index (χ1v) is 31.6. The third kappa shape index (κ3) is 53.7. The van der Waals surface area contributed by atoms with Crippen LogP contribution in [0, 0.1) is 0 Å². The molecule has 0 heterocycles. The van der Waals surface area contributed by atoms with E-state index < -0.39 is 20.0 Å². The summed E-state index contributed by atoms with van der Waals surface area (Å²) < 4.78 is 30.6. The molecule has 0 radical (unpaired) electrons. The maximum absolute atomic E-state index is 13.5. The standard InChI is InChI=1S/C64H113N2O7P/c1-7-10-13-16-19-22-25-28-30-31-32-33-34-35-36-39-42-45-48-51-54-57-64(68)73-62(55-52-49-46-43-40-37-27-24-21-18-15-12-9-3)61(60-72-74(69,70)71-59-58-66(4,5)6)65-63(67)56-53-50-47-44-41-38-29-26-23-20-17-14-11-8-2/h11,14,19-20,22-23,28-30,32-33,35-36,38,52,55,61-62H,7-10,12-13,15-18,21,24-27,31,34,37,39-51,53-54,56-60H2,1-6H3,(H-,65,67,69,70)/p+1/b14-11+,22-19-,23-20+,30-28-,33-32-,36-35-,38-29+,55-52-. The number of amides is 1. The number of phosphoric acid groups is 1. The number of carbonyl (C=O) groups is 2. The highest BCUT2D eigenvalue weighted by Crippen LogP contribution is 2.43. The number of nitrogens with zero attached hydrogens (tertiary/aromatic N) is 1. The van der Waals surface area contributed by atoms with Gasteiger partial charge in [0, 0.05) is 12.8 Å². The van der Waals surface area contributed by atoms with Crippen molar-refractivity contribution in [2.24, 2.45) is 0 Å². The molecule has 0 saturated heterocycles. The molecule has 0 rings (SSSR count). The van der Waals surface area contributed by atoms with Gasteiger partial charge in [-0.25, -0.2) is 4.57 Å². The average molecular weight is 1050 g/mol. The monoisotopic (exact) mass is 1050 g/mol. The van der Waals surface area contributed by atoms with Crippen LogP contribution < -0.4 is 5.32 Å². The van der Waals surface area contributed by atoms with Crippen molar-refractivity contribution in [3.8, 4) is 0 Å². The molecule has 0 aliphatic heterocycles. The predicted molar refractivity (Wildman–Crippen MR) is 318 cm³/mol. The summed E-state index contributed by atoms with van der Waals surface area (Å²) in [7, 11) is 1.46. The van der Waals surface area contributed by atoms with Gasteiger partial charge < -0.3 is 19.4 Å². The lowest BCUT2D eigenvalue weighted by Crippen LogP contribution is -2.47. The highest BCUT2D eigenvalue weighted by molar-refractivity contribution is 7.47. The molecule has 0 aromatic carbocycles. The molecule has 0 aromatic rings. The van der Waals surface area contributed by atoms with Gasteiger partial charge in [0.25, 0.3) is 0 Å². The summed E-state index contributed by atoms with van der Waals surface area (Å²) in [5.74, 6) is -0.556. The van der Waals surface area contributed by atoms with Gasteiger partial charge in [0.15, 0.2) is 0 Å². The molecule has 3 atom stereocenters. The van der Waals surface area contributed by atoms with Crippen molar-refractivity contribution < 1.29 is 37.3 Å². The van der Waals surface area contributed by atoms with Crippen LogP contribution in [0.3, 0.4) is 0 Å². The minimum atomic E-state index is -4.46. The second kappa shape index (κ2) is 53.3. The number of phosphoric ester groups is 1. The third-order valence-corrected chi connectivity index (χ3v) is 13.7. The summed E-state index contributed by atoms with van der Waals surface area (Å²) in [6.07, 6.45) is 71.1. The molecule has 426 valence electrons. The Morgan fingerprint density at radius 2 is 0.865 bits per heavy atom. The van der Waals surface area contributed by atoms with Gasteiger partial charge in [0.05, 0.1) is 33.8 Å². The number of ether oxygens (including phenoxy) is 1. The van der Waals surface area contributed by atoms with Crippen LogP contribution in [0.5, 0.6) is 0 Å². The fourth-order valence-electron chi connectivity index (χ4n) is 8.11. The largest absolute Gasteiger partial charge is 0.472 e. The van der Waals surface area contributed by atoms with Crippen molar-refractivity contribution in [3.63, 3.8) is 0 Å². The van der Waals surface area contributed by atoms with Gasteiger partial charge in [-0.15, -0.1) is 0 Å². The van der Waals surface area contributed by atoms with E-state index in [2.05, 4.69) is 111 Å². The maximum Gasteiger partial charge on any atom is 0.472 e. The number of rotatable bonds is 53. The van der Waals surface area contributed by atoms with Gasteiger partial charge >= 0.3 is 13.8 Å². The van der Waals surface area contributed by atoms with E-state index in [1.807, 2.05) is 33.3 Å². The average Bonchev–Trinajstić information content (AvgIpc) is 3.36. The van der Waals surface area contributed by atoms with E-state index in [9.17, 15) is 19.0 Å². The molecular formula is C64H114N2O7P+. The number of hydrogen-bond donors (Lipinski definition) is 2. The highest BCUT2D eigenvalue weighted by atomic mass is 31.2. The number of quaternary nitrogens is 1. The lowest BCUT2D eigenvalue weighted by molar-refractivity contribution is -0.870. The first-order valence-electron chi connectivity index (χ1n) is 30.1. The second-order valence-corrected chi connectivity index (χ2v) is 22.6. The number of nitrogens with one attached hydrogen (secondary N) is 1. The number of hydrogen-bond acceptors (Lipinski definition) is 6. The number of esters is 1. The summed E-state index contributed by atoms with van der Waals surface area (Å²) in [6.45, 7) is 6.83. The Morgan fingerprint density at radius 3 is 1.32 bits per heavy atom. The highest BCUT2D eigenvalue weighted by Gasteiger charge is 2.30. The van der Waals surface area contributed by atoms with Crippen LogP contribution in [0.2, 0.25) is 0 Å². The van der Waals surface area contributed by atoms with Crippen molar-refractivity contribution in [2.75, 3.05) is 40.9 Å². The molecule has 0 aromatic heterocycles. The third-order valence-electron chi connectivity index (χ3n) is 12.8. The molecule has 1 amide bonds. The van der Waals surface area contributed by atoms with Gasteiger partial charge in [-0.2, -0.15) is 0 Å². The van der Waals surface area contributed by atoms with Crippen molar-refractivity contribution >= 4 is 19.7 Å². The summed E-state index contributed by atoms with van der Waals surface area (Å²) in [6, 6.07) is -0.873. The molecule has 0 aliphatic carbocycles. The maximum atomic E-state index is 13.5. The minimum absolute atomic E-state index is 0.0277. The van der Waals surface area contributed by atoms with E-state index in [1.54, 1.807) is 0 Å². The summed E-state index contributed by atoms with van der Waals surface area (Å²) in [4.78, 5) is 37.6. The van der Waals surface area contributed by atoms with Gasteiger partial charge in [-0.3, -0.25) is 18.6 Å². The molecule has 0 spiro atoms. The number of carbonyl (C=O) groups excluding carboxylic acids is 2. The van der Waals surface area contributed by atoms with Gasteiger partial charge in [0.1, 0.15) is 19.3 Å². The molecular weight excluding hydrogens is 940 g/mol. The zero-order valence-corrected chi connectivity index (χ0v) is 49.4. The zero-order valence-electron chi connectivity index (χ0n) is 48.6. The van der Waals surface area contributed by atoms with Crippen LogP contribution in [0.1, 0.15) is 245 Å². The Labute approximate surface area is 456 Å². The quantitative estimate of drug-likeness (QED) is 0.0205. The first kappa shape index (κ1) is 70.9.